The molecule has 68 valence electrons. The molecular weight excluding hydrogens is 237 g/mol. The summed E-state index contributed by atoms with van der Waals surface area (Å²) in [5.41, 5.74) is 0.0388. The number of aromatic hydroxyl groups is 1. The van der Waals surface area contributed by atoms with Crippen molar-refractivity contribution in [1.29, 1.82) is 5.26 Å². The summed E-state index contributed by atoms with van der Waals surface area (Å²) < 4.78 is 13.6. The van der Waals surface area contributed by atoms with E-state index >= 15 is 0 Å². The number of phenolic OH excluding ortho intramolecular Hbond substituents is 1. The van der Waals surface area contributed by atoms with Crippen molar-refractivity contribution in [2.75, 3.05) is 0 Å². The molecule has 0 radical (unpaired) electrons. The highest BCUT2D eigenvalue weighted by molar-refractivity contribution is 9.10. The van der Waals surface area contributed by atoms with Crippen molar-refractivity contribution in [3.8, 4) is 11.8 Å². The van der Waals surface area contributed by atoms with Crippen LogP contribution < -0.4 is 0 Å². The van der Waals surface area contributed by atoms with Gasteiger partial charge < -0.3 is 5.11 Å². The quantitative estimate of drug-likeness (QED) is 0.825. The minimum absolute atomic E-state index is 0.0388. The maximum atomic E-state index is 13.3. The largest absolute Gasteiger partial charge is 0.508 e. The molecule has 13 heavy (non-hydrogen) atoms. The number of rotatable bonds is 1. The highest BCUT2D eigenvalue weighted by Crippen LogP contribution is 2.32. The lowest BCUT2D eigenvalue weighted by molar-refractivity contribution is 0.456. The lowest BCUT2D eigenvalue weighted by Gasteiger charge is -2.08. The molecular formula is C9H7BrFNO. The summed E-state index contributed by atoms with van der Waals surface area (Å²) in [5, 5.41) is 17.9. The van der Waals surface area contributed by atoms with Crippen LogP contribution in [0.15, 0.2) is 16.6 Å². The molecule has 4 heteroatoms. The second-order valence-corrected chi connectivity index (χ2v) is 3.50. The van der Waals surface area contributed by atoms with E-state index in [1.165, 1.54) is 19.1 Å². The van der Waals surface area contributed by atoms with E-state index in [1.54, 1.807) is 0 Å². The molecule has 2 nitrogen and oxygen atoms in total. The van der Waals surface area contributed by atoms with E-state index in [4.69, 9.17) is 5.26 Å². The summed E-state index contributed by atoms with van der Waals surface area (Å²) in [7, 11) is 0. The summed E-state index contributed by atoms with van der Waals surface area (Å²) in [6.07, 6.45) is 0. The van der Waals surface area contributed by atoms with E-state index in [0.717, 1.165) is 0 Å². The van der Waals surface area contributed by atoms with Crippen LogP contribution in [0.3, 0.4) is 0 Å². The van der Waals surface area contributed by atoms with Gasteiger partial charge in [0.25, 0.3) is 0 Å². The molecule has 1 rings (SSSR count). The third kappa shape index (κ3) is 1.81. The highest BCUT2D eigenvalue weighted by atomic mass is 79.9. The fraction of sp³-hybridized carbons (Fsp3) is 0.222. The zero-order chi connectivity index (χ0) is 10.0. The first kappa shape index (κ1) is 10.0. The van der Waals surface area contributed by atoms with Crippen LogP contribution >= 0.6 is 15.9 Å². The van der Waals surface area contributed by atoms with Crippen LogP contribution in [0.25, 0.3) is 0 Å². The third-order valence-corrected chi connectivity index (χ3v) is 2.35. The number of nitrogens with zero attached hydrogens (tertiary/aromatic N) is 1. The van der Waals surface area contributed by atoms with Crippen LogP contribution in [0, 0.1) is 17.1 Å². The molecule has 0 amide bonds. The number of hydrogen-bond donors (Lipinski definition) is 1. The normalized spacial score (nSPS) is 12.2. The fourth-order valence-corrected chi connectivity index (χ4v) is 1.38. The molecule has 0 bridgehead atoms. The van der Waals surface area contributed by atoms with Crippen molar-refractivity contribution in [3.63, 3.8) is 0 Å². The van der Waals surface area contributed by atoms with Gasteiger partial charge in [-0.15, -0.1) is 0 Å². The van der Waals surface area contributed by atoms with Gasteiger partial charge in [0.05, 0.1) is 16.5 Å². The zero-order valence-corrected chi connectivity index (χ0v) is 8.47. The monoisotopic (exact) mass is 243 g/mol. The van der Waals surface area contributed by atoms with Gasteiger partial charge in [0, 0.05) is 5.56 Å². The molecule has 0 saturated carbocycles. The summed E-state index contributed by atoms with van der Waals surface area (Å²) >= 11 is 2.98. The first-order valence-corrected chi connectivity index (χ1v) is 4.43. The second-order valence-electron chi connectivity index (χ2n) is 2.64. The van der Waals surface area contributed by atoms with Gasteiger partial charge in [0.2, 0.25) is 0 Å². The van der Waals surface area contributed by atoms with Gasteiger partial charge >= 0.3 is 0 Å². The zero-order valence-electron chi connectivity index (χ0n) is 6.88. The molecule has 1 atom stereocenters. The average molecular weight is 244 g/mol. The Kier molecular flexibility index (Phi) is 2.89. The molecule has 0 spiro atoms. The maximum absolute atomic E-state index is 13.3. The molecule has 0 aliphatic carbocycles. The SMILES string of the molecule is CC(C#N)c1c(O)ccc(Br)c1F. The van der Waals surface area contributed by atoms with Crippen LogP contribution in [-0.4, -0.2) is 5.11 Å². The van der Waals surface area contributed by atoms with Gasteiger partial charge in [-0.3, -0.25) is 0 Å². The van der Waals surface area contributed by atoms with Gasteiger partial charge in [-0.25, -0.2) is 4.39 Å². The molecule has 1 aromatic rings. The molecule has 0 aliphatic heterocycles. The van der Waals surface area contributed by atoms with Crippen LogP contribution in [0.5, 0.6) is 5.75 Å². The van der Waals surface area contributed by atoms with E-state index in [0.29, 0.717) is 0 Å². The Hall–Kier alpha value is -1.08. The van der Waals surface area contributed by atoms with Gasteiger partial charge in [0.15, 0.2) is 0 Å². The topological polar surface area (TPSA) is 44.0 Å². The van der Waals surface area contributed by atoms with Gasteiger partial charge in [0.1, 0.15) is 11.6 Å². The number of halogens is 2. The molecule has 0 fully saturated rings. The van der Waals surface area contributed by atoms with Gasteiger partial charge in [-0.05, 0) is 35.0 Å². The highest BCUT2D eigenvalue weighted by Gasteiger charge is 2.17. The smallest absolute Gasteiger partial charge is 0.145 e. The molecule has 0 saturated heterocycles. The van der Waals surface area contributed by atoms with Crippen molar-refractivity contribution in [3.05, 3.63) is 28.0 Å². The molecule has 1 aromatic carbocycles. The van der Waals surface area contributed by atoms with E-state index in [1.807, 2.05) is 6.07 Å². The van der Waals surface area contributed by atoms with E-state index in [-0.39, 0.29) is 15.8 Å². The van der Waals surface area contributed by atoms with E-state index in [2.05, 4.69) is 15.9 Å². The Labute approximate surface area is 83.7 Å². The van der Waals surface area contributed by atoms with Crippen molar-refractivity contribution in [2.24, 2.45) is 0 Å². The van der Waals surface area contributed by atoms with Crippen LogP contribution in [-0.2, 0) is 0 Å². The van der Waals surface area contributed by atoms with E-state index in [9.17, 15) is 9.50 Å². The third-order valence-electron chi connectivity index (χ3n) is 1.74. The van der Waals surface area contributed by atoms with Crippen LogP contribution in [0.4, 0.5) is 4.39 Å². The molecule has 1 unspecified atom stereocenters. The molecule has 0 heterocycles. The number of hydrogen-bond acceptors (Lipinski definition) is 2. The summed E-state index contributed by atoms with van der Waals surface area (Å²) in [6.45, 7) is 1.53. The first-order valence-electron chi connectivity index (χ1n) is 3.64. The van der Waals surface area contributed by atoms with Crippen molar-refractivity contribution < 1.29 is 9.50 Å². The molecule has 0 aromatic heterocycles. The van der Waals surface area contributed by atoms with Crippen molar-refractivity contribution >= 4 is 15.9 Å². The average Bonchev–Trinajstić information content (AvgIpc) is 2.12. The lowest BCUT2D eigenvalue weighted by atomic mass is 10.0. The number of phenols is 1. The van der Waals surface area contributed by atoms with Crippen LogP contribution in [0.1, 0.15) is 18.4 Å². The van der Waals surface area contributed by atoms with E-state index < -0.39 is 11.7 Å². The summed E-state index contributed by atoms with van der Waals surface area (Å²) in [4.78, 5) is 0. The predicted molar refractivity (Wildman–Crippen MR) is 49.8 cm³/mol. The first-order chi connectivity index (χ1) is 6.07. The predicted octanol–water partition coefficient (Wildman–Crippen LogP) is 2.92. The fourth-order valence-electron chi connectivity index (χ4n) is 1.03. The Morgan fingerprint density at radius 2 is 2.23 bits per heavy atom. The minimum Gasteiger partial charge on any atom is -0.508 e. The Balaban J connectivity index is 3.35. The Morgan fingerprint density at radius 3 is 2.77 bits per heavy atom. The Morgan fingerprint density at radius 1 is 1.62 bits per heavy atom. The van der Waals surface area contributed by atoms with Crippen molar-refractivity contribution in [2.45, 2.75) is 12.8 Å². The van der Waals surface area contributed by atoms with Gasteiger partial charge in [-0.1, -0.05) is 0 Å². The maximum Gasteiger partial charge on any atom is 0.145 e. The van der Waals surface area contributed by atoms with Gasteiger partial charge in [-0.2, -0.15) is 5.26 Å². The van der Waals surface area contributed by atoms with Crippen LogP contribution in [0.2, 0.25) is 0 Å². The second kappa shape index (κ2) is 3.75. The molecule has 0 aliphatic rings. The lowest BCUT2D eigenvalue weighted by Crippen LogP contribution is -1.96. The van der Waals surface area contributed by atoms with Crippen molar-refractivity contribution in [1.82, 2.24) is 0 Å². The summed E-state index contributed by atoms with van der Waals surface area (Å²) in [5.74, 6) is -1.42. The molecule has 1 N–H and O–H groups in total. The minimum atomic E-state index is -0.655. The summed E-state index contributed by atoms with van der Waals surface area (Å²) in [6, 6.07) is 4.63. The standard InChI is InChI=1S/C9H7BrFNO/c1-5(4-12)8-7(13)3-2-6(10)9(8)11/h2-3,5,13H,1H3. The number of nitriles is 1. The number of benzene rings is 1. The Bertz CT molecular complexity index is 373.